The number of phenols is 1. The quantitative estimate of drug-likeness (QED) is 0.415. The predicted octanol–water partition coefficient (Wildman–Crippen LogP) is 5.49. The SMILES string of the molecule is Cc1cc2nc(-c3cc(NC(=O)COc4ccc(Cl)cc4)ccc3O)oc2cc1C. The van der Waals surface area contributed by atoms with Gasteiger partial charge in [0, 0.05) is 10.7 Å². The van der Waals surface area contributed by atoms with Gasteiger partial charge in [0.25, 0.3) is 5.91 Å². The normalized spacial score (nSPS) is 10.9. The third-order valence-electron chi connectivity index (χ3n) is 4.70. The highest BCUT2D eigenvalue weighted by atomic mass is 35.5. The van der Waals surface area contributed by atoms with Crippen molar-refractivity contribution in [1.29, 1.82) is 0 Å². The summed E-state index contributed by atoms with van der Waals surface area (Å²) < 4.78 is 11.3. The van der Waals surface area contributed by atoms with Crippen LogP contribution < -0.4 is 10.1 Å². The Balaban J connectivity index is 1.51. The van der Waals surface area contributed by atoms with Gasteiger partial charge in [-0.05, 0) is 79.6 Å². The summed E-state index contributed by atoms with van der Waals surface area (Å²) in [6.07, 6.45) is 0. The molecule has 1 amide bonds. The maximum atomic E-state index is 12.2. The topological polar surface area (TPSA) is 84.6 Å². The van der Waals surface area contributed by atoms with Crippen LogP contribution in [0.5, 0.6) is 11.5 Å². The number of amides is 1. The minimum absolute atomic E-state index is 0.00501. The van der Waals surface area contributed by atoms with Gasteiger partial charge in [-0.15, -0.1) is 0 Å². The van der Waals surface area contributed by atoms with Gasteiger partial charge < -0.3 is 19.6 Å². The molecule has 1 aromatic heterocycles. The van der Waals surface area contributed by atoms with E-state index >= 15 is 0 Å². The summed E-state index contributed by atoms with van der Waals surface area (Å²) >= 11 is 5.83. The van der Waals surface area contributed by atoms with Gasteiger partial charge in [-0.2, -0.15) is 0 Å². The number of nitrogens with zero attached hydrogens (tertiary/aromatic N) is 1. The average molecular weight is 423 g/mol. The van der Waals surface area contributed by atoms with E-state index in [-0.39, 0.29) is 24.2 Å². The first-order chi connectivity index (χ1) is 14.4. The van der Waals surface area contributed by atoms with Gasteiger partial charge in [-0.3, -0.25) is 4.79 Å². The Kier molecular flexibility index (Phi) is 5.33. The van der Waals surface area contributed by atoms with E-state index in [0.29, 0.717) is 33.1 Å². The minimum atomic E-state index is -0.342. The molecule has 0 aliphatic carbocycles. The highest BCUT2D eigenvalue weighted by molar-refractivity contribution is 6.30. The van der Waals surface area contributed by atoms with Crippen molar-refractivity contribution in [3.63, 3.8) is 0 Å². The zero-order valence-corrected chi connectivity index (χ0v) is 17.2. The number of carbonyl (C=O) groups is 1. The zero-order valence-electron chi connectivity index (χ0n) is 16.4. The minimum Gasteiger partial charge on any atom is -0.507 e. The van der Waals surface area contributed by atoms with Crippen molar-refractivity contribution in [3.8, 4) is 23.0 Å². The van der Waals surface area contributed by atoms with Gasteiger partial charge in [0.05, 0.1) is 5.56 Å². The molecule has 4 aromatic rings. The van der Waals surface area contributed by atoms with Crippen LogP contribution in [0, 0.1) is 13.8 Å². The monoisotopic (exact) mass is 422 g/mol. The van der Waals surface area contributed by atoms with Crippen molar-refractivity contribution in [3.05, 3.63) is 70.7 Å². The molecular formula is C23H19ClN2O4. The molecule has 6 nitrogen and oxygen atoms in total. The molecule has 2 N–H and O–H groups in total. The Morgan fingerprint density at radius 3 is 2.60 bits per heavy atom. The smallest absolute Gasteiger partial charge is 0.262 e. The van der Waals surface area contributed by atoms with Crippen molar-refractivity contribution in [2.45, 2.75) is 13.8 Å². The first-order valence-electron chi connectivity index (χ1n) is 9.28. The molecule has 0 aliphatic heterocycles. The van der Waals surface area contributed by atoms with Crippen LogP contribution in [0.1, 0.15) is 11.1 Å². The fourth-order valence-corrected chi connectivity index (χ4v) is 3.08. The molecule has 0 unspecified atom stereocenters. The molecule has 0 aliphatic rings. The molecule has 152 valence electrons. The highest BCUT2D eigenvalue weighted by Gasteiger charge is 2.15. The Morgan fingerprint density at radius 2 is 1.83 bits per heavy atom. The second kappa shape index (κ2) is 8.08. The van der Waals surface area contributed by atoms with Crippen molar-refractivity contribution < 1.29 is 19.1 Å². The molecule has 0 saturated heterocycles. The van der Waals surface area contributed by atoms with Crippen LogP contribution in [-0.4, -0.2) is 22.6 Å². The van der Waals surface area contributed by atoms with E-state index in [2.05, 4.69) is 10.3 Å². The lowest BCUT2D eigenvalue weighted by Gasteiger charge is -2.09. The Labute approximate surface area is 178 Å². The van der Waals surface area contributed by atoms with Crippen molar-refractivity contribution >= 4 is 34.3 Å². The van der Waals surface area contributed by atoms with Gasteiger partial charge in [0.2, 0.25) is 5.89 Å². The lowest BCUT2D eigenvalue weighted by molar-refractivity contribution is -0.118. The highest BCUT2D eigenvalue weighted by Crippen LogP contribution is 2.34. The zero-order chi connectivity index (χ0) is 21.3. The number of rotatable bonds is 5. The van der Waals surface area contributed by atoms with E-state index < -0.39 is 0 Å². The fourth-order valence-electron chi connectivity index (χ4n) is 2.96. The molecule has 4 rings (SSSR count). The number of ether oxygens (including phenoxy) is 1. The van der Waals surface area contributed by atoms with Crippen LogP contribution >= 0.6 is 11.6 Å². The number of anilines is 1. The van der Waals surface area contributed by atoms with E-state index in [1.807, 2.05) is 26.0 Å². The molecule has 30 heavy (non-hydrogen) atoms. The summed E-state index contributed by atoms with van der Waals surface area (Å²) in [6, 6.07) is 15.3. The molecule has 7 heteroatoms. The van der Waals surface area contributed by atoms with E-state index in [1.165, 1.54) is 6.07 Å². The third-order valence-corrected chi connectivity index (χ3v) is 4.95. The number of aromatic hydroxyl groups is 1. The lowest BCUT2D eigenvalue weighted by atomic mass is 10.1. The second-order valence-electron chi connectivity index (χ2n) is 6.95. The number of hydrogen-bond acceptors (Lipinski definition) is 5. The maximum Gasteiger partial charge on any atom is 0.262 e. The number of oxazole rings is 1. The number of aryl methyl sites for hydroxylation is 2. The predicted molar refractivity (Wildman–Crippen MR) is 116 cm³/mol. The van der Waals surface area contributed by atoms with Crippen LogP contribution in [-0.2, 0) is 4.79 Å². The summed E-state index contributed by atoms with van der Waals surface area (Å²) in [5.41, 5.74) is 4.42. The van der Waals surface area contributed by atoms with Gasteiger partial charge in [0.1, 0.15) is 17.0 Å². The number of halogens is 1. The van der Waals surface area contributed by atoms with Gasteiger partial charge in [-0.1, -0.05) is 11.6 Å². The van der Waals surface area contributed by atoms with E-state index in [0.717, 1.165) is 11.1 Å². The number of hydrogen-bond donors (Lipinski definition) is 2. The van der Waals surface area contributed by atoms with E-state index in [1.54, 1.807) is 36.4 Å². The second-order valence-corrected chi connectivity index (χ2v) is 7.38. The molecule has 3 aromatic carbocycles. The first-order valence-corrected chi connectivity index (χ1v) is 9.66. The summed E-state index contributed by atoms with van der Waals surface area (Å²) in [4.78, 5) is 16.7. The van der Waals surface area contributed by atoms with Crippen LogP contribution in [0.25, 0.3) is 22.6 Å². The molecule has 0 spiro atoms. The Morgan fingerprint density at radius 1 is 1.10 bits per heavy atom. The van der Waals surface area contributed by atoms with Crippen molar-refractivity contribution in [2.24, 2.45) is 0 Å². The summed E-state index contributed by atoms with van der Waals surface area (Å²) in [5.74, 6) is 0.481. The molecule has 0 radical (unpaired) electrons. The van der Waals surface area contributed by atoms with Crippen molar-refractivity contribution in [1.82, 2.24) is 4.98 Å². The van der Waals surface area contributed by atoms with E-state index in [4.69, 9.17) is 20.8 Å². The van der Waals surface area contributed by atoms with Gasteiger partial charge >= 0.3 is 0 Å². The molecular weight excluding hydrogens is 404 g/mol. The Hall–Kier alpha value is -3.51. The van der Waals surface area contributed by atoms with Crippen LogP contribution in [0.4, 0.5) is 5.69 Å². The fraction of sp³-hybridized carbons (Fsp3) is 0.130. The largest absolute Gasteiger partial charge is 0.507 e. The lowest BCUT2D eigenvalue weighted by Crippen LogP contribution is -2.20. The molecule has 1 heterocycles. The van der Waals surface area contributed by atoms with Gasteiger partial charge in [0.15, 0.2) is 12.2 Å². The molecule has 0 atom stereocenters. The molecule has 0 fully saturated rings. The first kappa shape index (κ1) is 19.8. The standard InChI is InChI=1S/C23H19ClN2O4/c1-13-9-19-21(10-14(13)2)30-23(26-19)18-11-16(5-8-20(18)27)25-22(28)12-29-17-6-3-15(24)4-7-17/h3-11,27H,12H2,1-2H3,(H,25,28). The number of nitrogens with one attached hydrogen (secondary N) is 1. The average Bonchev–Trinajstić information content (AvgIpc) is 3.11. The molecule has 0 saturated carbocycles. The molecule has 0 bridgehead atoms. The van der Waals surface area contributed by atoms with Gasteiger partial charge in [-0.25, -0.2) is 4.98 Å². The van der Waals surface area contributed by atoms with E-state index in [9.17, 15) is 9.90 Å². The Bertz CT molecular complexity index is 1190. The number of fused-ring (bicyclic) bond motifs is 1. The number of phenolic OH excluding ortho intramolecular Hbond substituents is 1. The van der Waals surface area contributed by atoms with Crippen LogP contribution in [0.15, 0.2) is 59.0 Å². The number of benzene rings is 3. The third kappa shape index (κ3) is 4.23. The van der Waals surface area contributed by atoms with Crippen LogP contribution in [0.3, 0.4) is 0 Å². The number of carbonyl (C=O) groups excluding carboxylic acids is 1. The number of aromatic nitrogens is 1. The summed E-state index contributed by atoms with van der Waals surface area (Å²) in [5, 5.41) is 13.6. The maximum absolute atomic E-state index is 12.2. The van der Waals surface area contributed by atoms with Crippen molar-refractivity contribution in [2.75, 3.05) is 11.9 Å². The summed E-state index contributed by atoms with van der Waals surface area (Å²) in [7, 11) is 0. The summed E-state index contributed by atoms with van der Waals surface area (Å²) in [6.45, 7) is 3.83. The van der Waals surface area contributed by atoms with Crippen LogP contribution in [0.2, 0.25) is 5.02 Å².